The minimum atomic E-state index is -5.57. The molecule has 1 N–H and O–H groups in total. The van der Waals surface area contributed by atoms with Crippen LogP contribution in [0.1, 0.15) is 44.6 Å². The van der Waals surface area contributed by atoms with Gasteiger partial charge in [-0.05, 0) is 55.7 Å². The number of hydrogen-bond donors (Lipinski definition) is 1. The quantitative estimate of drug-likeness (QED) is 0.550. The van der Waals surface area contributed by atoms with E-state index in [-0.39, 0.29) is 24.1 Å². The number of amides is 4. The second-order valence-corrected chi connectivity index (χ2v) is 11.0. The van der Waals surface area contributed by atoms with Crippen molar-refractivity contribution < 1.29 is 36.0 Å². The van der Waals surface area contributed by atoms with Gasteiger partial charge in [0.05, 0.1) is 29.0 Å². The van der Waals surface area contributed by atoms with Crippen molar-refractivity contribution in [3.05, 3.63) is 48.3 Å². The Labute approximate surface area is 211 Å². The highest BCUT2D eigenvalue weighted by Crippen LogP contribution is 2.33. The predicted octanol–water partition coefficient (Wildman–Crippen LogP) is 4.25. The topological polar surface area (TPSA) is 117 Å². The zero-order valence-electron chi connectivity index (χ0n) is 19.9. The number of imide groups is 1. The van der Waals surface area contributed by atoms with Crippen LogP contribution in [0.2, 0.25) is 0 Å². The van der Waals surface area contributed by atoms with E-state index in [0.717, 1.165) is 49.1 Å². The number of sulfone groups is 1. The normalized spacial score (nSPS) is 19.4. The predicted molar refractivity (Wildman–Crippen MR) is 127 cm³/mol. The Morgan fingerprint density at radius 1 is 1.08 bits per heavy atom. The lowest BCUT2D eigenvalue weighted by molar-refractivity contribution is -0.121. The maximum atomic E-state index is 13.2. The van der Waals surface area contributed by atoms with Crippen molar-refractivity contribution in [1.82, 2.24) is 9.88 Å². The fourth-order valence-electron chi connectivity index (χ4n) is 4.52. The van der Waals surface area contributed by atoms with Gasteiger partial charge in [0.25, 0.3) is 15.7 Å². The third-order valence-corrected chi connectivity index (χ3v) is 8.18. The lowest BCUT2D eigenvalue weighted by Crippen LogP contribution is -2.34. The second kappa shape index (κ2) is 10.1. The van der Waals surface area contributed by atoms with Crippen LogP contribution in [0, 0.1) is 5.92 Å². The summed E-state index contributed by atoms with van der Waals surface area (Å²) in [7, 11) is -5.57. The molecule has 1 aliphatic carbocycles. The molecule has 1 saturated carbocycles. The number of anilines is 2. The van der Waals surface area contributed by atoms with E-state index in [2.05, 4.69) is 10.3 Å². The van der Waals surface area contributed by atoms with Crippen LogP contribution in [0.25, 0.3) is 0 Å². The van der Waals surface area contributed by atoms with Gasteiger partial charge in [0.1, 0.15) is 6.04 Å². The van der Waals surface area contributed by atoms with Gasteiger partial charge in [-0.3, -0.25) is 14.6 Å². The van der Waals surface area contributed by atoms with Crippen molar-refractivity contribution in [3.8, 4) is 0 Å². The van der Waals surface area contributed by atoms with Crippen molar-refractivity contribution in [1.29, 1.82) is 0 Å². The molecule has 1 aromatic heterocycles. The summed E-state index contributed by atoms with van der Waals surface area (Å²) >= 11 is 0. The molecular weight excluding hydrogens is 513 g/mol. The van der Waals surface area contributed by atoms with Crippen molar-refractivity contribution >= 4 is 39.1 Å². The summed E-state index contributed by atoms with van der Waals surface area (Å²) in [5.41, 5.74) is -4.56. The molecule has 1 saturated heterocycles. The average Bonchev–Trinajstić information content (AvgIpc) is 3.08. The molecule has 198 valence electrons. The van der Waals surface area contributed by atoms with Gasteiger partial charge in [-0.15, -0.1) is 0 Å². The number of nitrogens with one attached hydrogen (secondary N) is 1. The number of benzene rings is 1. The van der Waals surface area contributed by atoms with Gasteiger partial charge >= 0.3 is 11.5 Å². The molecule has 2 fully saturated rings. The molecule has 13 heteroatoms. The highest BCUT2D eigenvalue weighted by Gasteiger charge is 2.47. The molecule has 4 amide bonds. The monoisotopic (exact) mass is 538 g/mol. The molecule has 4 rings (SSSR count). The van der Waals surface area contributed by atoms with E-state index in [4.69, 9.17) is 0 Å². The first-order valence-electron chi connectivity index (χ1n) is 11.7. The zero-order chi connectivity index (χ0) is 27.0. The summed E-state index contributed by atoms with van der Waals surface area (Å²) in [6.45, 7) is 1.47. The number of alkyl halides is 3. The summed E-state index contributed by atoms with van der Waals surface area (Å²) < 4.78 is 61.7. The van der Waals surface area contributed by atoms with Crippen LogP contribution < -0.4 is 10.2 Å². The molecule has 37 heavy (non-hydrogen) atoms. The molecule has 0 bridgehead atoms. The molecule has 2 heterocycles. The zero-order valence-corrected chi connectivity index (χ0v) is 20.7. The molecule has 1 aliphatic heterocycles. The van der Waals surface area contributed by atoms with E-state index < -0.39 is 38.2 Å². The first-order valence-corrected chi connectivity index (χ1v) is 13.2. The number of rotatable bonds is 6. The van der Waals surface area contributed by atoms with E-state index in [1.165, 1.54) is 24.2 Å². The van der Waals surface area contributed by atoms with E-state index in [9.17, 15) is 36.0 Å². The Morgan fingerprint density at radius 2 is 1.73 bits per heavy atom. The summed E-state index contributed by atoms with van der Waals surface area (Å²) in [5.74, 6) is -0.852. The number of urea groups is 1. The van der Waals surface area contributed by atoms with E-state index in [0.29, 0.717) is 23.4 Å². The first-order chi connectivity index (χ1) is 17.4. The minimum Gasteiger partial charge on any atom is -0.324 e. The SMILES string of the molecule is CC1C(=O)N(c2ccc(S(=O)(=O)C(F)(F)F)cc2)C(=O)N1Cc1ccncc1NC(=O)C1CCCCC1. The third kappa shape index (κ3) is 5.17. The van der Waals surface area contributed by atoms with E-state index in [1.807, 2.05) is 0 Å². The third-order valence-electron chi connectivity index (χ3n) is 6.68. The van der Waals surface area contributed by atoms with Crippen LogP contribution in [0.3, 0.4) is 0 Å². The molecule has 1 atom stereocenters. The first kappa shape index (κ1) is 26.6. The number of aromatic nitrogens is 1. The van der Waals surface area contributed by atoms with Crippen LogP contribution in [0.4, 0.5) is 29.3 Å². The fraction of sp³-hybridized carbons (Fsp3) is 0.417. The standard InChI is InChI=1S/C24H25F3N4O5S/c1-15-22(33)31(18-7-9-19(10-8-18)37(35,36)24(25,26)27)23(34)30(15)14-17-11-12-28-13-20(17)29-21(32)16-5-3-2-4-6-16/h7-13,15-16H,2-6,14H2,1H3,(H,29,32). The number of carbonyl (C=O) groups is 3. The van der Waals surface area contributed by atoms with Crippen molar-refractivity contribution in [3.63, 3.8) is 0 Å². The molecular formula is C24H25F3N4O5S. The molecule has 2 aliphatic rings. The summed E-state index contributed by atoms with van der Waals surface area (Å²) in [4.78, 5) is 43.9. The largest absolute Gasteiger partial charge is 0.501 e. The van der Waals surface area contributed by atoms with Crippen molar-refractivity contribution in [2.45, 2.75) is 62.0 Å². The Bertz CT molecular complexity index is 1310. The number of carbonyl (C=O) groups excluding carboxylic acids is 3. The summed E-state index contributed by atoms with van der Waals surface area (Å²) in [6, 6.07) is 3.34. The van der Waals surface area contributed by atoms with E-state index >= 15 is 0 Å². The Balaban J connectivity index is 1.53. The fourth-order valence-corrected chi connectivity index (χ4v) is 5.28. The second-order valence-electron chi connectivity index (χ2n) is 9.06. The summed E-state index contributed by atoms with van der Waals surface area (Å²) in [6.07, 6.45) is 7.64. The van der Waals surface area contributed by atoms with Crippen molar-refractivity contribution in [2.24, 2.45) is 5.92 Å². The number of halogens is 3. The smallest absolute Gasteiger partial charge is 0.324 e. The maximum absolute atomic E-state index is 13.2. The van der Waals surface area contributed by atoms with Crippen LogP contribution in [-0.2, 0) is 26.0 Å². The number of hydrogen-bond acceptors (Lipinski definition) is 6. The lowest BCUT2D eigenvalue weighted by Gasteiger charge is -2.23. The van der Waals surface area contributed by atoms with Crippen LogP contribution >= 0.6 is 0 Å². The highest BCUT2D eigenvalue weighted by atomic mass is 32.2. The summed E-state index contributed by atoms with van der Waals surface area (Å²) in [5, 5.41) is 2.88. The molecule has 1 aromatic carbocycles. The van der Waals surface area contributed by atoms with Crippen LogP contribution in [0.15, 0.2) is 47.6 Å². The van der Waals surface area contributed by atoms with Gasteiger partial charge in [-0.25, -0.2) is 18.1 Å². The number of pyridine rings is 1. The molecule has 1 unspecified atom stereocenters. The van der Waals surface area contributed by atoms with Gasteiger partial charge in [0.15, 0.2) is 0 Å². The highest BCUT2D eigenvalue weighted by molar-refractivity contribution is 7.92. The van der Waals surface area contributed by atoms with Gasteiger partial charge in [0, 0.05) is 12.1 Å². The Hall–Kier alpha value is -3.48. The maximum Gasteiger partial charge on any atom is 0.501 e. The van der Waals surface area contributed by atoms with Gasteiger partial charge < -0.3 is 10.2 Å². The molecule has 2 aromatic rings. The van der Waals surface area contributed by atoms with Gasteiger partial charge in [0.2, 0.25) is 5.91 Å². The lowest BCUT2D eigenvalue weighted by atomic mass is 9.88. The molecule has 0 radical (unpaired) electrons. The Morgan fingerprint density at radius 3 is 2.35 bits per heavy atom. The van der Waals surface area contributed by atoms with E-state index in [1.54, 1.807) is 6.07 Å². The van der Waals surface area contributed by atoms with Crippen LogP contribution in [0.5, 0.6) is 0 Å². The van der Waals surface area contributed by atoms with Gasteiger partial charge in [-0.1, -0.05) is 19.3 Å². The van der Waals surface area contributed by atoms with Crippen LogP contribution in [-0.4, -0.2) is 47.7 Å². The van der Waals surface area contributed by atoms with Crippen molar-refractivity contribution in [2.75, 3.05) is 10.2 Å². The molecule has 0 spiro atoms. The number of nitrogens with zero attached hydrogens (tertiary/aromatic N) is 3. The van der Waals surface area contributed by atoms with Gasteiger partial charge in [-0.2, -0.15) is 13.2 Å². The Kier molecular flexibility index (Phi) is 7.27. The average molecular weight is 539 g/mol. The minimum absolute atomic E-state index is 0.0361. The molecule has 9 nitrogen and oxygen atoms in total.